The van der Waals surface area contributed by atoms with Crippen LogP contribution in [0.3, 0.4) is 0 Å². The molecule has 0 aromatic heterocycles. The van der Waals surface area contributed by atoms with E-state index in [0.717, 1.165) is 0 Å². The van der Waals surface area contributed by atoms with Crippen molar-refractivity contribution in [2.24, 2.45) is 11.5 Å². The van der Waals surface area contributed by atoms with Crippen LogP contribution in [0.2, 0.25) is 0 Å². The van der Waals surface area contributed by atoms with Crippen LogP contribution in [0.25, 0.3) is 0 Å². The average molecular weight is 276 g/mol. The molecule has 0 aliphatic heterocycles. The molecule has 11 N–H and O–H groups in total. The second-order valence-corrected chi connectivity index (χ2v) is 3.34. The molecule has 2 atom stereocenters. The van der Waals surface area contributed by atoms with Gasteiger partial charge in [0.05, 0.1) is 6.04 Å². The highest BCUT2D eigenvalue weighted by atomic mass is 19.4. The van der Waals surface area contributed by atoms with E-state index in [0.29, 0.717) is 0 Å². The molecule has 0 aliphatic carbocycles. The Labute approximate surface area is 102 Å². The highest BCUT2D eigenvalue weighted by Crippen LogP contribution is 2.19. The zero-order chi connectivity index (χ0) is 12.9. The van der Waals surface area contributed by atoms with E-state index >= 15 is 0 Å². The number of carboxylic acid groups (broad SMARTS) is 1. The molecule has 0 spiro atoms. The first-order valence-corrected chi connectivity index (χ1v) is 4.51. The number of ketones is 1. The van der Waals surface area contributed by atoms with Gasteiger partial charge < -0.3 is 28.9 Å². The summed E-state index contributed by atoms with van der Waals surface area (Å²) in [4.78, 5) is 20.8. The fourth-order valence-electron chi connectivity index (χ4n) is 1.02. The molecule has 0 saturated carbocycles. The third-order valence-corrected chi connectivity index (χ3v) is 1.96. The van der Waals surface area contributed by atoms with E-state index in [4.69, 9.17) is 16.6 Å². The number of carboxylic acids is 1. The maximum atomic E-state index is 11.9. The highest BCUT2D eigenvalue weighted by Gasteiger charge is 2.41. The Morgan fingerprint density at radius 3 is 1.78 bits per heavy atom. The molecular formula is C8H19F3N4O3. The van der Waals surface area contributed by atoms with Gasteiger partial charge in [0.25, 0.3) is 5.78 Å². The molecule has 1 unspecified atom stereocenters. The minimum atomic E-state index is -4.95. The summed E-state index contributed by atoms with van der Waals surface area (Å²) in [6.07, 6.45) is -5.15. The predicted molar refractivity (Wildman–Crippen MR) is 58.5 cm³/mol. The van der Waals surface area contributed by atoms with E-state index in [1.54, 1.807) is 0 Å². The number of aliphatic carboxylic acids is 1. The van der Waals surface area contributed by atoms with Gasteiger partial charge >= 0.3 is 12.1 Å². The summed E-state index contributed by atoms with van der Waals surface area (Å²) in [5.74, 6) is -3.24. The largest absolute Gasteiger partial charge is 0.480 e. The highest BCUT2D eigenvalue weighted by molar-refractivity contribution is 5.88. The normalized spacial score (nSPS) is 13.8. The van der Waals surface area contributed by atoms with Gasteiger partial charge in [-0.1, -0.05) is 0 Å². The lowest BCUT2D eigenvalue weighted by Gasteiger charge is -2.13. The molecule has 0 heterocycles. The van der Waals surface area contributed by atoms with E-state index in [2.05, 4.69) is 0 Å². The van der Waals surface area contributed by atoms with Crippen molar-refractivity contribution >= 4 is 11.8 Å². The molecule has 0 aromatic carbocycles. The molecule has 18 heavy (non-hydrogen) atoms. The van der Waals surface area contributed by atoms with Crippen LogP contribution in [0, 0.1) is 0 Å². The van der Waals surface area contributed by atoms with Crippen LogP contribution in [-0.4, -0.2) is 35.1 Å². The lowest BCUT2D eigenvalue weighted by Crippen LogP contribution is -2.40. The molecule has 0 aliphatic rings. The van der Waals surface area contributed by atoms with Crippen molar-refractivity contribution in [2.75, 3.05) is 0 Å². The van der Waals surface area contributed by atoms with Gasteiger partial charge in [-0.2, -0.15) is 13.2 Å². The van der Waals surface area contributed by atoms with Crippen LogP contribution in [0.5, 0.6) is 0 Å². The number of hydrogen-bond acceptors (Lipinski definition) is 6. The zero-order valence-electron chi connectivity index (χ0n) is 9.74. The zero-order valence-corrected chi connectivity index (χ0v) is 9.74. The SMILES string of the molecule is N.N.NC(CCC[C@H](N)C(=O)O)C(=O)C(F)(F)F. The Hall–Kier alpha value is -1.23. The maximum absolute atomic E-state index is 11.9. The van der Waals surface area contributed by atoms with Crippen molar-refractivity contribution in [2.45, 2.75) is 37.5 Å². The smallest absolute Gasteiger partial charge is 0.451 e. The molecule has 0 radical (unpaired) electrons. The minimum Gasteiger partial charge on any atom is -0.480 e. The van der Waals surface area contributed by atoms with Gasteiger partial charge in [-0.15, -0.1) is 0 Å². The van der Waals surface area contributed by atoms with Crippen LogP contribution in [0.4, 0.5) is 13.2 Å². The first-order valence-electron chi connectivity index (χ1n) is 4.51. The molecule has 0 rings (SSSR count). The van der Waals surface area contributed by atoms with Gasteiger partial charge in [-0.25, -0.2) is 0 Å². The van der Waals surface area contributed by atoms with Crippen LogP contribution >= 0.6 is 0 Å². The monoisotopic (exact) mass is 276 g/mol. The molecule has 110 valence electrons. The molecule has 0 fully saturated rings. The van der Waals surface area contributed by atoms with E-state index in [1.807, 2.05) is 0 Å². The average Bonchev–Trinajstić information content (AvgIpc) is 2.14. The van der Waals surface area contributed by atoms with Gasteiger partial charge in [0, 0.05) is 0 Å². The number of hydrogen-bond donors (Lipinski definition) is 5. The Kier molecular flexibility index (Phi) is 10.8. The lowest BCUT2D eigenvalue weighted by atomic mass is 10.0. The van der Waals surface area contributed by atoms with Gasteiger partial charge in [-0.3, -0.25) is 9.59 Å². The van der Waals surface area contributed by atoms with Crippen molar-refractivity contribution in [3.63, 3.8) is 0 Å². The topological polar surface area (TPSA) is 176 Å². The number of alkyl halides is 3. The fourth-order valence-corrected chi connectivity index (χ4v) is 1.02. The Bertz CT molecular complexity index is 273. The fraction of sp³-hybridized carbons (Fsp3) is 0.750. The second kappa shape index (κ2) is 8.80. The van der Waals surface area contributed by atoms with Crippen molar-refractivity contribution in [1.82, 2.24) is 12.3 Å². The van der Waals surface area contributed by atoms with Gasteiger partial charge in [-0.05, 0) is 19.3 Å². The summed E-state index contributed by atoms with van der Waals surface area (Å²) in [6.45, 7) is 0. The molecule has 0 amide bonds. The van der Waals surface area contributed by atoms with Gasteiger partial charge in [0.2, 0.25) is 0 Å². The van der Waals surface area contributed by atoms with Crippen molar-refractivity contribution in [1.29, 1.82) is 0 Å². The van der Waals surface area contributed by atoms with E-state index in [9.17, 15) is 22.8 Å². The van der Waals surface area contributed by atoms with Crippen LogP contribution in [0.15, 0.2) is 0 Å². The quantitative estimate of drug-likeness (QED) is 0.464. The molecule has 10 heteroatoms. The number of carbonyl (C=O) groups is 2. The van der Waals surface area contributed by atoms with Crippen LogP contribution in [0.1, 0.15) is 19.3 Å². The Balaban J connectivity index is -0.00000112. The number of carbonyl (C=O) groups excluding carboxylic acids is 1. The van der Waals surface area contributed by atoms with E-state index < -0.39 is 30.0 Å². The van der Waals surface area contributed by atoms with E-state index in [1.165, 1.54) is 0 Å². The summed E-state index contributed by atoms with van der Waals surface area (Å²) in [7, 11) is 0. The van der Waals surface area contributed by atoms with Gasteiger partial charge in [0.1, 0.15) is 6.04 Å². The summed E-state index contributed by atoms with van der Waals surface area (Å²) < 4.78 is 35.6. The van der Waals surface area contributed by atoms with E-state index in [-0.39, 0.29) is 31.6 Å². The Morgan fingerprint density at radius 2 is 1.44 bits per heavy atom. The minimum absolute atomic E-state index is 0. The molecule has 0 bridgehead atoms. The number of halogens is 3. The van der Waals surface area contributed by atoms with Crippen molar-refractivity contribution in [3.8, 4) is 0 Å². The molecule has 7 nitrogen and oxygen atoms in total. The standard InChI is InChI=1S/C8H13F3N2O3.2H3N/c9-8(10,11)6(14)4(12)2-1-3-5(13)7(15)16;;/h4-5H,1-3,12-13H2,(H,15,16);2*1H3/t4?,5-;;/m0../s1. The number of Topliss-reactive ketones (excluding diaryl/α,β-unsaturated/α-hetero) is 1. The number of nitrogens with two attached hydrogens (primary N) is 2. The summed E-state index contributed by atoms with van der Waals surface area (Å²) in [6, 6.07) is -2.80. The predicted octanol–water partition coefficient (Wildman–Crippen LogP) is 0.351. The molecular weight excluding hydrogens is 257 g/mol. The van der Waals surface area contributed by atoms with Crippen LogP contribution in [-0.2, 0) is 9.59 Å². The van der Waals surface area contributed by atoms with Crippen molar-refractivity contribution in [3.05, 3.63) is 0 Å². The number of rotatable bonds is 6. The van der Waals surface area contributed by atoms with Crippen molar-refractivity contribution < 1.29 is 27.9 Å². The maximum Gasteiger partial charge on any atom is 0.451 e. The third-order valence-electron chi connectivity index (χ3n) is 1.96. The summed E-state index contributed by atoms with van der Waals surface area (Å²) in [5.41, 5.74) is 10.1. The lowest BCUT2D eigenvalue weighted by molar-refractivity contribution is -0.172. The first-order chi connectivity index (χ1) is 7.16. The third kappa shape index (κ3) is 7.95. The first kappa shape index (κ1) is 22.0. The summed E-state index contributed by atoms with van der Waals surface area (Å²) >= 11 is 0. The molecule has 0 aromatic rings. The van der Waals surface area contributed by atoms with Crippen LogP contribution < -0.4 is 23.8 Å². The Morgan fingerprint density at radius 1 is 1.06 bits per heavy atom. The molecule has 0 saturated heterocycles. The second-order valence-electron chi connectivity index (χ2n) is 3.34. The summed E-state index contributed by atoms with van der Waals surface area (Å²) in [5, 5.41) is 8.38. The van der Waals surface area contributed by atoms with Gasteiger partial charge in [0.15, 0.2) is 0 Å².